The fourth-order valence-electron chi connectivity index (χ4n) is 2.41. The lowest BCUT2D eigenvalue weighted by molar-refractivity contribution is 0.213. The van der Waals surface area contributed by atoms with Gasteiger partial charge in [-0.05, 0) is 28.5 Å². The van der Waals surface area contributed by atoms with Gasteiger partial charge in [-0.2, -0.15) is 0 Å². The topological polar surface area (TPSA) is 25.2 Å². The van der Waals surface area contributed by atoms with Crippen LogP contribution in [0.1, 0.15) is 17.4 Å². The molecular weight excluding hydrogens is 222 g/mol. The molecule has 1 N–H and O–H groups in total. The van der Waals surface area contributed by atoms with E-state index in [-0.39, 0.29) is 0 Å². The zero-order valence-electron chi connectivity index (χ0n) is 10.2. The lowest BCUT2D eigenvalue weighted by Gasteiger charge is -2.14. The Kier molecular flexibility index (Phi) is 2.65. The molecule has 90 valence electrons. The van der Waals surface area contributed by atoms with Crippen molar-refractivity contribution >= 4 is 10.8 Å². The van der Waals surface area contributed by atoms with Crippen LogP contribution in [0.2, 0.25) is 0 Å². The molecule has 0 saturated heterocycles. The van der Waals surface area contributed by atoms with E-state index in [2.05, 4.69) is 18.2 Å². The van der Waals surface area contributed by atoms with Gasteiger partial charge in [0.25, 0.3) is 0 Å². The molecule has 0 spiro atoms. The molecule has 0 aliphatic rings. The molecule has 1 atom stereocenters. The largest absolute Gasteiger partial charge is 0.382 e. The van der Waals surface area contributed by atoms with E-state index in [1.165, 1.54) is 0 Å². The maximum absolute atomic E-state index is 10.5. The minimum absolute atomic E-state index is 0.587. The fourth-order valence-corrected chi connectivity index (χ4v) is 2.41. The van der Waals surface area contributed by atoms with Gasteiger partial charge in [-0.25, -0.2) is 0 Å². The smallest absolute Gasteiger partial charge is 0.120 e. The second-order valence-corrected chi connectivity index (χ2v) is 4.51. The van der Waals surface area contributed by atoms with Crippen LogP contribution >= 0.6 is 0 Å². The van der Waals surface area contributed by atoms with Gasteiger partial charge >= 0.3 is 0 Å². The molecule has 0 aliphatic carbocycles. The van der Waals surface area contributed by atoms with Gasteiger partial charge in [0.2, 0.25) is 0 Å². The number of fused-ring (bicyclic) bond motifs is 1. The molecule has 2 aromatic carbocycles. The summed E-state index contributed by atoms with van der Waals surface area (Å²) < 4.78 is 1.95. The van der Waals surface area contributed by atoms with Crippen LogP contribution in [0.4, 0.5) is 0 Å². The molecule has 0 bridgehead atoms. The van der Waals surface area contributed by atoms with Crippen LogP contribution in [0.3, 0.4) is 0 Å². The Bertz CT molecular complexity index is 679. The Balaban J connectivity index is 2.18. The van der Waals surface area contributed by atoms with Gasteiger partial charge in [-0.3, -0.25) is 0 Å². The maximum Gasteiger partial charge on any atom is 0.120 e. The number of rotatable bonds is 2. The van der Waals surface area contributed by atoms with Crippen LogP contribution < -0.4 is 0 Å². The second-order valence-electron chi connectivity index (χ2n) is 4.51. The molecule has 2 nitrogen and oxygen atoms in total. The molecule has 3 rings (SSSR count). The number of hydrogen-bond acceptors (Lipinski definition) is 1. The third-order valence-corrected chi connectivity index (χ3v) is 3.38. The molecule has 2 heteroatoms. The average Bonchev–Trinajstić information content (AvgIpc) is 2.83. The third-order valence-electron chi connectivity index (χ3n) is 3.38. The summed E-state index contributed by atoms with van der Waals surface area (Å²) in [6, 6.07) is 18.1. The van der Waals surface area contributed by atoms with Gasteiger partial charge in [0.1, 0.15) is 6.10 Å². The monoisotopic (exact) mass is 237 g/mol. The van der Waals surface area contributed by atoms with Crippen LogP contribution in [0.5, 0.6) is 0 Å². The zero-order valence-corrected chi connectivity index (χ0v) is 10.2. The van der Waals surface area contributed by atoms with Crippen molar-refractivity contribution in [3.63, 3.8) is 0 Å². The van der Waals surface area contributed by atoms with E-state index in [0.29, 0.717) is 0 Å². The minimum Gasteiger partial charge on any atom is -0.382 e. The first-order valence-corrected chi connectivity index (χ1v) is 6.04. The highest BCUT2D eigenvalue weighted by Crippen LogP contribution is 2.28. The Morgan fingerprint density at radius 3 is 2.50 bits per heavy atom. The number of nitrogens with zero attached hydrogens (tertiary/aromatic N) is 1. The summed E-state index contributed by atoms with van der Waals surface area (Å²) in [6.07, 6.45) is 1.36. The Morgan fingerprint density at radius 2 is 1.72 bits per heavy atom. The van der Waals surface area contributed by atoms with Crippen molar-refractivity contribution in [1.29, 1.82) is 0 Å². The van der Waals surface area contributed by atoms with E-state index >= 15 is 0 Å². The number of aliphatic hydroxyl groups excluding tert-OH is 1. The van der Waals surface area contributed by atoms with E-state index < -0.39 is 6.10 Å². The van der Waals surface area contributed by atoms with Gasteiger partial charge in [-0.1, -0.05) is 42.5 Å². The lowest BCUT2D eigenvalue weighted by atomic mass is 9.99. The highest BCUT2D eigenvalue weighted by Gasteiger charge is 2.15. The van der Waals surface area contributed by atoms with Crippen molar-refractivity contribution < 1.29 is 5.11 Å². The second kappa shape index (κ2) is 4.31. The van der Waals surface area contributed by atoms with Crippen LogP contribution in [-0.4, -0.2) is 9.67 Å². The summed E-state index contributed by atoms with van der Waals surface area (Å²) in [4.78, 5) is 0. The van der Waals surface area contributed by atoms with Crippen molar-refractivity contribution in [3.05, 3.63) is 72.1 Å². The van der Waals surface area contributed by atoms with E-state index in [1.807, 2.05) is 54.2 Å². The van der Waals surface area contributed by atoms with Gasteiger partial charge in [0, 0.05) is 13.2 Å². The lowest BCUT2D eigenvalue weighted by Crippen LogP contribution is -2.05. The molecule has 0 saturated carbocycles. The minimum atomic E-state index is -0.587. The fraction of sp³-hybridized carbons (Fsp3) is 0.125. The zero-order chi connectivity index (χ0) is 12.5. The molecule has 1 aromatic heterocycles. The standard InChI is InChI=1S/C16H15NO/c1-17-11-5-10-15(17)16(18)14-9-4-7-12-6-2-3-8-13(12)14/h2-11,16,18H,1H3/t16-/m1/s1. The van der Waals surface area contributed by atoms with E-state index in [4.69, 9.17) is 0 Å². The summed E-state index contributed by atoms with van der Waals surface area (Å²) in [5.74, 6) is 0. The molecule has 0 fully saturated rings. The summed E-state index contributed by atoms with van der Waals surface area (Å²) in [7, 11) is 1.95. The summed E-state index contributed by atoms with van der Waals surface area (Å²) in [5, 5.41) is 12.8. The Labute approximate surface area is 106 Å². The highest BCUT2D eigenvalue weighted by atomic mass is 16.3. The van der Waals surface area contributed by atoms with Crippen LogP contribution in [0.25, 0.3) is 10.8 Å². The average molecular weight is 237 g/mol. The van der Waals surface area contributed by atoms with Gasteiger partial charge in [0.05, 0.1) is 5.69 Å². The third kappa shape index (κ3) is 1.71. The first-order chi connectivity index (χ1) is 8.77. The van der Waals surface area contributed by atoms with Crippen molar-refractivity contribution in [1.82, 2.24) is 4.57 Å². The molecule has 0 radical (unpaired) electrons. The Hall–Kier alpha value is -2.06. The van der Waals surface area contributed by atoms with E-state index in [9.17, 15) is 5.11 Å². The quantitative estimate of drug-likeness (QED) is 0.727. The van der Waals surface area contributed by atoms with Crippen molar-refractivity contribution in [2.24, 2.45) is 7.05 Å². The van der Waals surface area contributed by atoms with Crippen molar-refractivity contribution in [3.8, 4) is 0 Å². The van der Waals surface area contributed by atoms with Gasteiger partial charge in [-0.15, -0.1) is 0 Å². The number of hydrogen-bond donors (Lipinski definition) is 1. The molecule has 0 aliphatic heterocycles. The predicted octanol–water partition coefficient (Wildman–Crippen LogP) is 3.26. The molecule has 1 heterocycles. The summed E-state index contributed by atoms with van der Waals surface area (Å²) in [5.41, 5.74) is 1.86. The van der Waals surface area contributed by atoms with Crippen molar-refractivity contribution in [2.45, 2.75) is 6.10 Å². The predicted molar refractivity (Wildman–Crippen MR) is 73.4 cm³/mol. The van der Waals surface area contributed by atoms with Gasteiger partial charge in [0.15, 0.2) is 0 Å². The normalized spacial score (nSPS) is 12.8. The number of aryl methyl sites for hydroxylation is 1. The number of aliphatic hydroxyl groups is 1. The molecule has 0 amide bonds. The molecule has 0 unspecified atom stereocenters. The Morgan fingerprint density at radius 1 is 0.944 bits per heavy atom. The maximum atomic E-state index is 10.5. The van der Waals surface area contributed by atoms with Crippen LogP contribution in [-0.2, 0) is 7.05 Å². The number of aromatic nitrogens is 1. The van der Waals surface area contributed by atoms with Crippen molar-refractivity contribution in [2.75, 3.05) is 0 Å². The van der Waals surface area contributed by atoms with E-state index in [0.717, 1.165) is 22.0 Å². The number of benzene rings is 2. The SMILES string of the molecule is Cn1cccc1[C@H](O)c1cccc2ccccc12. The first-order valence-electron chi connectivity index (χ1n) is 6.04. The van der Waals surface area contributed by atoms with Crippen LogP contribution in [0.15, 0.2) is 60.8 Å². The van der Waals surface area contributed by atoms with Crippen LogP contribution in [0, 0.1) is 0 Å². The van der Waals surface area contributed by atoms with Gasteiger partial charge < -0.3 is 9.67 Å². The first kappa shape index (κ1) is 11.1. The molecule has 3 aromatic rings. The molecule has 18 heavy (non-hydrogen) atoms. The summed E-state index contributed by atoms with van der Waals surface area (Å²) >= 11 is 0. The highest BCUT2D eigenvalue weighted by molar-refractivity contribution is 5.86. The molecular formula is C16H15NO. The summed E-state index contributed by atoms with van der Waals surface area (Å²) in [6.45, 7) is 0. The van der Waals surface area contributed by atoms with E-state index in [1.54, 1.807) is 0 Å².